The van der Waals surface area contributed by atoms with Gasteiger partial charge < -0.3 is 5.32 Å². The average Bonchev–Trinajstić information content (AvgIpc) is 2.29. The molecule has 114 valence electrons. The van der Waals surface area contributed by atoms with Gasteiger partial charge in [-0.15, -0.1) is 0 Å². The first-order valence-corrected chi connectivity index (χ1v) is 8.05. The second kappa shape index (κ2) is 7.26. The molecule has 1 atom stereocenters. The van der Waals surface area contributed by atoms with Gasteiger partial charge >= 0.3 is 0 Å². The molecule has 0 heterocycles. The third-order valence-electron chi connectivity index (χ3n) is 4.21. The van der Waals surface area contributed by atoms with Gasteiger partial charge in [0.25, 0.3) is 0 Å². The van der Waals surface area contributed by atoms with Crippen LogP contribution in [0.5, 0.6) is 0 Å². The Morgan fingerprint density at radius 3 is 2.05 bits per heavy atom. The van der Waals surface area contributed by atoms with Crippen molar-refractivity contribution >= 4 is 0 Å². The van der Waals surface area contributed by atoms with Crippen molar-refractivity contribution in [3.05, 3.63) is 34.4 Å². The van der Waals surface area contributed by atoms with Gasteiger partial charge in [0.1, 0.15) is 0 Å². The molecule has 20 heavy (non-hydrogen) atoms. The predicted octanol–water partition coefficient (Wildman–Crippen LogP) is 4.96. The van der Waals surface area contributed by atoms with Crippen molar-refractivity contribution in [2.24, 2.45) is 5.41 Å². The average molecular weight is 275 g/mol. The van der Waals surface area contributed by atoms with E-state index in [0.29, 0.717) is 11.5 Å². The van der Waals surface area contributed by atoms with E-state index in [-0.39, 0.29) is 0 Å². The second-order valence-electron chi connectivity index (χ2n) is 7.29. The van der Waals surface area contributed by atoms with E-state index in [1.807, 2.05) is 0 Å². The van der Waals surface area contributed by atoms with Crippen molar-refractivity contribution in [3.63, 3.8) is 0 Å². The molecule has 0 aliphatic heterocycles. The highest BCUT2D eigenvalue weighted by atomic mass is 14.9. The van der Waals surface area contributed by atoms with Crippen molar-refractivity contribution in [2.45, 2.75) is 73.8 Å². The van der Waals surface area contributed by atoms with Crippen molar-refractivity contribution in [2.75, 3.05) is 6.54 Å². The fourth-order valence-corrected chi connectivity index (χ4v) is 3.05. The topological polar surface area (TPSA) is 12.0 Å². The third-order valence-corrected chi connectivity index (χ3v) is 4.21. The molecule has 1 N–H and O–H groups in total. The molecule has 0 bridgehead atoms. The molecule has 1 heteroatoms. The highest BCUT2D eigenvalue weighted by molar-refractivity contribution is 5.37. The first-order chi connectivity index (χ1) is 9.25. The summed E-state index contributed by atoms with van der Waals surface area (Å²) in [7, 11) is 0. The van der Waals surface area contributed by atoms with Crippen molar-refractivity contribution in [1.82, 2.24) is 5.32 Å². The van der Waals surface area contributed by atoms with Gasteiger partial charge in [0, 0.05) is 6.04 Å². The van der Waals surface area contributed by atoms with E-state index < -0.39 is 0 Å². The van der Waals surface area contributed by atoms with Crippen LogP contribution in [0.4, 0.5) is 0 Å². The molecule has 0 aliphatic carbocycles. The minimum atomic E-state index is 0.321. The van der Waals surface area contributed by atoms with Gasteiger partial charge in [0.15, 0.2) is 0 Å². The molecule has 1 rings (SSSR count). The number of hydrogen-bond acceptors (Lipinski definition) is 1. The van der Waals surface area contributed by atoms with Crippen molar-refractivity contribution in [1.29, 1.82) is 0 Å². The van der Waals surface area contributed by atoms with Crippen LogP contribution in [0.1, 0.15) is 62.8 Å². The molecule has 1 aromatic rings. The van der Waals surface area contributed by atoms with Crippen LogP contribution in [0, 0.1) is 26.2 Å². The van der Waals surface area contributed by atoms with E-state index in [1.54, 1.807) is 5.56 Å². The summed E-state index contributed by atoms with van der Waals surface area (Å²) in [4.78, 5) is 0. The Morgan fingerprint density at radius 1 is 1.05 bits per heavy atom. The SMILES string of the molecule is CCCNC(CCc1c(C)cc(C)cc1C)C(C)(C)C. The van der Waals surface area contributed by atoms with E-state index in [2.05, 4.69) is 65.9 Å². The zero-order valence-corrected chi connectivity index (χ0v) is 14.6. The Morgan fingerprint density at radius 2 is 1.60 bits per heavy atom. The van der Waals surface area contributed by atoms with E-state index in [0.717, 1.165) is 6.54 Å². The summed E-state index contributed by atoms with van der Waals surface area (Å²) in [6, 6.07) is 5.21. The monoisotopic (exact) mass is 275 g/mol. The predicted molar refractivity (Wildman–Crippen MR) is 90.5 cm³/mol. The van der Waals surface area contributed by atoms with Crippen LogP contribution in [-0.4, -0.2) is 12.6 Å². The van der Waals surface area contributed by atoms with Gasteiger partial charge in [-0.3, -0.25) is 0 Å². The molecular weight excluding hydrogens is 242 g/mol. The van der Waals surface area contributed by atoms with Crippen molar-refractivity contribution in [3.8, 4) is 0 Å². The summed E-state index contributed by atoms with van der Waals surface area (Å²) in [5, 5.41) is 3.73. The van der Waals surface area contributed by atoms with E-state index >= 15 is 0 Å². The highest BCUT2D eigenvalue weighted by Crippen LogP contribution is 2.25. The summed E-state index contributed by atoms with van der Waals surface area (Å²) in [6.07, 6.45) is 3.60. The lowest BCUT2D eigenvalue weighted by Gasteiger charge is -2.32. The number of hydrogen-bond donors (Lipinski definition) is 1. The van der Waals surface area contributed by atoms with Crippen LogP contribution >= 0.6 is 0 Å². The van der Waals surface area contributed by atoms with Crippen LogP contribution in [0.2, 0.25) is 0 Å². The van der Waals surface area contributed by atoms with Gasteiger partial charge in [-0.25, -0.2) is 0 Å². The molecular formula is C19H33N. The summed E-state index contributed by atoms with van der Waals surface area (Å²) < 4.78 is 0. The maximum Gasteiger partial charge on any atom is 0.0119 e. The maximum atomic E-state index is 3.73. The highest BCUT2D eigenvalue weighted by Gasteiger charge is 2.23. The lowest BCUT2D eigenvalue weighted by Crippen LogP contribution is -2.41. The fraction of sp³-hybridized carbons (Fsp3) is 0.684. The summed E-state index contributed by atoms with van der Waals surface area (Å²) in [6.45, 7) is 17.1. The quantitative estimate of drug-likeness (QED) is 0.774. The van der Waals surface area contributed by atoms with Gasteiger partial charge in [-0.2, -0.15) is 0 Å². The zero-order chi connectivity index (χ0) is 15.3. The van der Waals surface area contributed by atoms with Gasteiger partial charge in [-0.05, 0) is 68.7 Å². The lowest BCUT2D eigenvalue weighted by atomic mass is 9.82. The Kier molecular flexibility index (Phi) is 6.26. The summed E-state index contributed by atoms with van der Waals surface area (Å²) >= 11 is 0. The zero-order valence-electron chi connectivity index (χ0n) is 14.6. The molecule has 0 aromatic heterocycles. The Hall–Kier alpha value is -0.820. The second-order valence-corrected chi connectivity index (χ2v) is 7.29. The molecule has 1 nitrogen and oxygen atoms in total. The first kappa shape index (κ1) is 17.2. The largest absolute Gasteiger partial charge is 0.313 e. The summed E-state index contributed by atoms with van der Waals surface area (Å²) in [5.41, 5.74) is 6.14. The Balaban J connectivity index is 2.77. The van der Waals surface area contributed by atoms with Crippen LogP contribution in [0.3, 0.4) is 0 Å². The molecule has 0 spiro atoms. The lowest BCUT2D eigenvalue weighted by molar-refractivity contribution is 0.255. The number of nitrogens with one attached hydrogen (secondary N) is 1. The van der Waals surface area contributed by atoms with Crippen LogP contribution < -0.4 is 5.32 Å². The Bertz CT molecular complexity index is 403. The van der Waals surface area contributed by atoms with Crippen LogP contribution in [0.15, 0.2) is 12.1 Å². The maximum absolute atomic E-state index is 3.73. The molecule has 0 saturated heterocycles. The molecule has 0 aliphatic rings. The minimum Gasteiger partial charge on any atom is -0.313 e. The molecule has 1 aromatic carbocycles. The Labute approximate surface area is 126 Å². The van der Waals surface area contributed by atoms with Gasteiger partial charge in [0.2, 0.25) is 0 Å². The van der Waals surface area contributed by atoms with Crippen LogP contribution in [-0.2, 0) is 6.42 Å². The molecule has 1 unspecified atom stereocenters. The van der Waals surface area contributed by atoms with Gasteiger partial charge in [0.05, 0.1) is 0 Å². The molecule has 0 saturated carbocycles. The normalized spacial score (nSPS) is 13.6. The minimum absolute atomic E-state index is 0.321. The van der Waals surface area contributed by atoms with E-state index in [4.69, 9.17) is 0 Å². The fourth-order valence-electron chi connectivity index (χ4n) is 3.05. The van der Waals surface area contributed by atoms with Gasteiger partial charge in [-0.1, -0.05) is 45.4 Å². The smallest absolute Gasteiger partial charge is 0.0119 e. The molecule has 0 fully saturated rings. The van der Waals surface area contributed by atoms with Crippen molar-refractivity contribution < 1.29 is 0 Å². The standard InChI is InChI=1S/C19H33N/c1-8-11-20-18(19(5,6)7)10-9-17-15(3)12-14(2)13-16(17)4/h12-13,18,20H,8-11H2,1-7H3. The summed E-state index contributed by atoms with van der Waals surface area (Å²) in [5.74, 6) is 0. The third kappa shape index (κ3) is 4.94. The number of benzene rings is 1. The van der Waals surface area contributed by atoms with E-state index in [9.17, 15) is 0 Å². The number of rotatable bonds is 6. The van der Waals surface area contributed by atoms with Crippen LogP contribution in [0.25, 0.3) is 0 Å². The number of aryl methyl sites for hydroxylation is 3. The molecule has 0 radical (unpaired) electrons. The molecule has 0 amide bonds. The first-order valence-electron chi connectivity index (χ1n) is 8.05. The van der Waals surface area contributed by atoms with E-state index in [1.165, 1.54) is 36.0 Å².